The van der Waals surface area contributed by atoms with Crippen LogP contribution in [0, 0.1) is 5.82 Å². The summed E-state index contributed by atoms with van der Waals surface area (Å²) in [6.07, 6.45) is 8.12. The summed E-state index contributed by atoms with van der Waals surface area (Å²) >= 11 is 4.58. The van der Waals surface area contributed by atoms with Crippen molar-refractivity contribution in [2.75, 3.05) is 39.3 Å². The van der Waals surface area contributed by atoms with Gasteiger partial charge in [0, 0.05) is 54.0 Å². The van der Waals surface area contributed by atoms with Gasteiger partial charge in [-0.15, -0.1) is 0 Å². The molecule has 105 heavy (non-hydrogen) atoms. The summed E-state index contributed by atoms with van der Waals surface area (Å²) in [5.74, 6) is -0.595. The zero-order valence-corrected chi connectivity index (χ0v) is 62.6. The van der Waals surface area contributed by atoms with Crippen LogP contribution in [0.15, 0.2) is 190 Å². The van der Waals surface area contributed by atoms with Crippen LogP contribution >= 0.6 is 46.1 Å². The van der Waals surface area contributed by atoms with E-state index < -0.39 is 28.2 Å². The smallest absolute Gasteiger partial charge is 0.410 e. The van der Waals surface area contributed by atoms with Crippen molar-refractivity contribution in [2.24, 2.45) is 0 Å². The van der Waals surface area contributed by atoms with E-state index in [1.165, 1.54) is 86.3 Å². The average Bonchev–Trinajstić information content (AvgIpc) is 1.70. The van der Waals surface area contributed by atoms with Gasteiger partial charge in [0.05, 0.1) is 61.7 Å². The molecule has 5 N–H and O–H groups in total. The van der Waals surface area contributed by atoms with Crippen molar-refractivity contribution < 1.29 is 58.0 Å². The molecule has 0 bridgehead atoms. The van der Waals surface area contributed by atoms with E-state index in [9.17, 15) is 48.5 Å². The van der Waals surface area contributed by atoms with Gasteiger partial charge in [0.25, 0.3) is 28.1 Å². The quantitative estimate of drug-likeness (QED) is 0.0793. The average molecular weight is 1610 g/mol. The molecule has 542 valence electrons. The number of aromatic nitrogens is 12. The van der Waals surface area contributed by atoms with Gasteiger partial charge in [-0.3, -0.25) is 37.7 Å². The summed E-state index contributed by atoms with van der Waals surface area (Å²) in [5.41, 5.74) is 5.07. The van der Waals surface area contributed by atoms with Crippen molar-refractivity contribution in [1.29, 1.82) is 0 Å². The number of hydrogen-bond donors (Lipinski definition) is 5. The number of aromatic amines is 1. The summed E-state index contributed by atoms with van der Waals surface area (Å²) in [4.78, 5) is 98.6. The lowest BCUT2D eigenvalue weighted by Crippen LogP contribution is -3.00. The first-order valence-electron chi connectivity index (χ1n) is 33.6. The van der Waals surface area contributed by atoms with E-state index in [1.54, 1.807) is 9.80 Å². The van der Waals surface area contributed by atoms with E-state index in [0.717, 1.165) is 69.8 Å². The third kappa shape index (κ3) is 17.4. The van der Waals surface area contributed by atoms with Crippen LogP contribution in [0.4, 0.5) is 9.18 Å². The Balaban J connectivity index is 0.000000135. The zero-order valence-electron chi connectivity index (χ0n) is 57.2. The second kappa shape index (κ2) is 32.4. The predicted molar refractivity (Wildman–Crippen MR) is 400 cm³/mol. The van der Waals surface area contributed by atoms with Gasteiger partial charge in [-0.05, 0) is 143 Å². The molecule has 3 aliphatic rings. The summed E-state index contributed by atoms with van der Waals surface area (Å²) in [7, 11) is 0. The van der Waals surface area contributed by atoms with Gasteiger partial charge in [-0.2, -0.15) is 17.5 Å². The first-order valence-corrected chi connectivity index (χ1v) is 36.7. The Bertz CT molecular complexity index is 5440. The number of benzene rings is 5. The number of ether oxygens (including phenoxy) is 1. The molecule has 0 aliphatic carbocycles. The molecule has 13 aromatic rings. The zero-order chi connectivity index (χ0) is 72.8. The largest absolute Gasteiger partial charge is 1.00 e. The van der Waals surface area contributed by atoms with Crippen molar-refractivity contribution in [2.45, 2.75) is 101 Å². The van der Waals surface area contributed by atoms with Gasteiger partial charge >= 0.3 is 6.09 Å². The molecule has 16 rings (SSSR count). The maximum atomic E-state index is 13.1. The van der Waals surface area contributed by atoms with Crippen molar-refractivity contribution >= 4 is 99.0 Å². The van der Waals surface area contributed by atoms with Crippen LogP contribution in [0.3, 0.4) is 0 Å². The standard InChI is InChI=1S/C24H21FN4O3S.C22H26N4O4S.C17H18N4O2S.C11H7N3OS.HI/c25-18-8-6-17(7-9-18)22(30)28-12-10-24(32,11-13-28)14-29-15-26-20-19(16-4-2-1-3-5-16)27-33-21(20)23(29)31;1-21(2,3)30-20(28)25-11-9-22(29,10-12-25)13-26-14-23-17-16(15-7-5-4-6-8-15)24-31-18(17)19(26)27;22-16-15-14(13(20-24-15)12-4-2-1-3-5-12)19-11-21(16)10-17(23)6-8-18-9-7-17;15-11-10-9(12-6-13-11)8(14-16-10)7-4-2-1-3-5-7;/h1-9,15,32H,10-14H2;4-8,14,29H,9-13H2,1-3H3;1-5,11,18,23H,6-10H2;1-6H,(H,12,13,15);1H/p-1. The van der Waals surface area contributed by atoms with Crippen molar-refractivity contribution in [3.63, 3.8) is 0 Å². The molecule has 3 fully saturated rings. The molecule has 5 aromatic carbocycles. The number of H-pyrrole nitrogens is 1. The topological polar surface area (TPSA) is 325 Å². The maximum absolute atomic E-state index is 13.1. The molecule has 0 atom stereocenters. The second-order valence-corrected chi connectivity index (χ2v) is 29.8. The third-order valence-electron chi connectivity index (χ3n) is 18.1. The highest BCUT2D eigenvalue weighted by Gasteiger charge is 2.38. The number of carbonyl (C=O) groups excluding carboxylic acids is 2. The number of nitrogens with zero attached hydrogens (tertiary/aromatic N) is 13. The maximum Gasteiger partial charge on any atom is 0.410 e. The third-order valence-corrected chi connectivity index (χ3v) is 21.5. The number of hydrogen-bond acceptors (Lipinski definition) is 23. The van der Waals surface area contributed by atoms with Crippen LogP contribution in [0.2, 0.25) is 0 Å². The minimum absolute atomic E-state index is 0. The van der Waals surface area contributed by atoms with E-state index in [1.807, 2.05) is 142 Å². The van der Waals surface area contributed by atoms with Crippen LogP contribution in [0.5, 0.6) is 0 Å². The number of carbonyl (C=O) groups is 2. The van der Waals surface area contributed by atoms with Gasteiger partial charge < -0.3 is 64.1 Å². The molecule has 3 saturated heterocycles. The Hall–Kier alpha value is -9.58. The SMILES string of the molecule is CC(C)(C)OC(=O)N1CCC(O)(Cn2cnc3c(-c4ccccc4)nsc3c2=O)CC1.O=C(c1ccc(F)cc1)N1CCC(O)(Cn2cnc3c(-c4ccccc4)nsc3c2=O)CC1.O=c1[nH]cnc2c(-c3ccccc3)nsc12.O=c1c2snc(-c3ccccc3)c2ncn1CC1(O)CCNCC1.[I-]. The normalized spacial score (nSPS) is 15.3. The van der Waals surface area contributed by atoms with Crippen LogP contribution < -0.4 is 51.5 Å². The number of piperidine rings is 3. The van der Waals surface area contributed by atoms with Crippen LogP contribution in [0.25, 0.3) is 85.9 Å². The molecule has 11 heterocycles. The van der Waals surface area contributed by atoms with Gasteiger partial charge in [0.15, 0.2) is 0 Å². The lowest BCUT2D eigenvalue weighted by atomic mass is 9.91. The minimum Gasteiger partial charge on any atom is -1.00 e. The van der Waals surface area contributed by atoms with Crippen LogP contribution in [-0.2, 0) is 24.4 Å². The summed E-state index contributed by atoms with van der Waals surface area (Å²) in [5, 5.41) is 36.1. The molecule has 3 aliphatic heterocycles. The van der Waals surface area contributed by atoms with Gasteiger partial charge in [0.1, 0.15) is 75.1 Å². The molecule has 0 spiro atoms. The van der Waals surface area contributed by atoms with E-state index in [0.29, 0.717) is 123 Å². The molecule has 8 aromatic heterocycles. The molecule has 0 radical (unpaired) electrons. The summed E-state index contributed by atoms with van der Waals surface area (Å²) in [6.45, 7) is 8.90. The summed E-state index contributed by atoms with van der Waals surface area (Å²) < 4.78 is 42.5. The second-order valence-electron chi connectivity index (χ2n) is 26.8. The highest BCUT2D eigenvalue weighted by atomic mass is 127. The van der Waals surface area contributed by atoms with Crippen molar-refractivity contribution in [1.82, 2.24) is 71.2 Å². The van der Waals surface area contributed by atoms with Crippen LogP contribution in [-0.4, -0.2) is 155 Å². The highest BCUT2D eigenvalue weighted by Crippen LogP contribution is 2.33. The van der Waals surface area contributed by atoms with E-state index in [2.05, 4.69) is 47.7 Å². The lowest BCUT2D eigenvalue weighted by Gasteiger charge is -2.38. The molecular formula is C74H72FIN15O10S4-. The van der Waals surface area contributed by atoms with E-state index in [4.69, 9.17) is 4.74 Å². The molecule has 0 saturated carbocycles. The molecule has 2 amide bonds. The fourth-order valence-electron chi connectivity index (χ4n) is 12.5. The molecule has 0 unspecified atom stereocenters. The first kappa shape index (κ1) is 75.1. The highest BCUT2D eigenvalue weighted by molar-refractivity contribution is 7.14. The summed E-state index contributed by atoms with van der Waals surface area (Å²) in [6, 6.07) is 44.1. The fraction of sp³-hybridized carbons (Fsp3) is 0.297. The number of rotatable bonds is 11. The number of amides is 2. The number of likely N-dealkylation sites (tertiary alicyclic amines) is 2. The van der Waals surface area contributed by atoms with Crippen LogP contribution in [0.1, 0.15) is 69.7 Å². The Morgan fingerprint density at radius 1 is 0.476 bits per heavy atom. The monoisotopic (exact) mass is 1600 g/mol. The number of halogens is 2. The Morgan fingerprint density at radius 2 is 0.810 bits per heavy atom. The number of nitrogens with one attached hydrogen (secondary N) is 2. The lowest BCUT2D eigenvalue weighted by molar-refractivity contribution is -0.0420. The number of aliphatic hydroxyl groups is 3. The molecular weight excluding hydrogens is 1530 g/mol. The Morgan fingerprint density at radius 3 is 1.17 bits per heavy atom. The molecule has 31 heteroatoms. The van der Waals surface area contributed by atoms with Gasteiger partial charge in [-0.1, -0.05) is 121 Å². The first-order chi connectivity index (χ1) is 50.1. The van der Waals surface area contributed by atoms with Gasteiger partial charge in [-0.25, -0.2) is 29.1 Å². The fourth-order valence-corrected chi connectivity index (χ4v) is 15.6. The van der Waals surface area contributed by atoms with Gasteiger partial charge in [0.2, 0.25) is 0 Å². The Labute approximate surface area is 633 Å². The van der Waals surface area contributed by atoms with E-state index >= 15 is 0 Å². The number of fused-ring (bicyclic) bond motifs is 4. The molecule has 25 nitrogen and oxygen atoms in total. The van der Waals surface area contributed by atoms with E-state index in [-0.39, 0.29) is 77.8 Å². The predicted octanol–water partition coefficient (Wildman–Crippen LogP) is 7.29. The van der Waals surface area contributed by atoms with Crippen molar-refractivity contribution in [3.05, 3.63) is 224 Å². The van der Waals surface area contributed by atoms with Crippen molar-refractivity contribution in [3.8, 4) is 45.0 Å². The Kier molecular flexibility index (Phi) is 23.2. The minimum atomic E-state index is -1.13.